The van der Waals surface area contributed by atoms with Gasteiger partial charge >= 0.3 is 6.03 Å². The second kappa shape index (κ2) is 9.51. The van der Waals surface area contributed by atoms with E-state index >= 15 is 0 Å². The van der Waals surface area contributed by atoms with Crippen molar-refractivity contribution in [3.8, 4) is 10.8 Å². The highest BCUT2D eigenvalue weighted by molar-refractivity contribution is 7.13. The molecule has 1 fully saturated rings. The third-order valence-corrected chi connectivity index (χ3v) is 6.10. The molecule has 10 nitrogen and oxygen atoms in total. The number of benzene rings is 1. The predicted molar refractivity (Wildman–Crippen MR) is 120 cm³/mol. The standard InChI is InChI=1S/C22H24N6O4S/c1-3-11-27(14-18-24-25-19(32-18)16-10-7-12-33-16)13-17(29)26-28-20(30)22(2,23-21(28)31)15-8-5-4-6-9-15/h4-10,12H,3,11,13-14H2,1-2H3,(H,23,31)(H,26,29). The smallest absolute Gasteiger partial charge is 0.344 e. The van der Waals surface area contributed by atoms with Gasteiger partial charge in [-0.05, 0) is 36.9 Å². The molecule has 172 valence electrons. The van der Waals surface area contributed by atoms with E-state index in [2.05, 4.69) is 20.9 Å². The highest BCUT2D eigenvalue weighted by Crippen LogP contribution is 2.27. The van der Waals surface area contributed by atoms with Crippen molar-refractivity contribution < 1.29 is 18.8 Å². The Labute approximate surface area is 194 Å². The van der Waals surface area contributed by atoms with Gasteiger partial charge in [-0.15, -0.1) is 21.5 Å². The molecule has 4 amide bonds. The van der Waals surface area contributed by atoms with Crippen LogP contribution < -0.4 is 10.7 Å². The van der Waals surface area contributed by atoms with E-state index in [0.717, 1.165) is 16.3 Å². The molecule has 33 heavy (non-hydrogen) atoms. The number of carbonyl (C=O) groups is 3. The monoisotopic (exact) mass is 468 g/mol. The summed E-state index contributed by atoms with van der Waals surface area (Å²) in [6.07, 6.45) is 0.786. The minimum atomic E-state index is -1.25. The first-order valence-corrected chi connectivity index (χ1v) is 11.4. The number of amides is 4. The van der Waals surface area contributed by atoms with Crippen molar-refractivity contribution in [2.45, 2.75) is 32.4 Å². The zero-order valence-corrected chi connectivity index (χ0v) is 19.1. The predicted octanol–water partition coefficient (Wildman–Crippen LogP) is 2.51. The highest BCUT2D eigenvalue weighted by Gasteiger charge is 2.50. The second-order valence-corrected chi connectivity index (χ2v) is 8.73. The second-order valence-electron chi connectivity index (χ2n) is 7.79. The van der Waals surface area contributed by atoms with Crippen LogP contribution in [0.5, 0.6) is 0 Å². The van der Waals surface area contributed by atoms with Crippen LogP contribution >= 0.6 is 11.3 Å². The van der Waals surface area contributed by atoms with Crippen LogP contribution in [-0.2, 0) is 21.7 Å². The molecule has 1 aliphatic heterocycles. The first kappa shape index (κ1) is 22.6. The number of carbonyl (C=O) groups excluding carboxylic acids is 3. The molecule has 11 heteroatoms. The fourth-order valence-corrected chi connectivity index (χ4v) is 4.25. The summed E-state index contributed by atoms with van der Waals surface area (Å²) in [5.74, 6) is -0.236. The molecule has 1 atom stereocenters. The van der Waals surface area contributed by atoms with Gasteiger partial charge in [0.25, 0.3) is 17.7 Å². The molecule has 3 aromatic rings. The topological polar surface area (TPSA) is 121 Å². The molecular weight excluding hydrogens is 444 g/mol. The van der Waals surface area contributed by atoms with Crippen LogP contribution in [0.25, 0.3) is 10.8 Å². The van der Waals surface area contributed by atoms with Gasteiger partial charge in [0.1, 0.15) is 5.54 Å². The Hall–Kier alpha value is -3.57. The average molecular weight is 469 g/mol. The van der Waals surface area contributed by atoms with Gasteiger partial charge in [-0.2, -0.15) is 5.01 Å². The number of nitrogens with zero attached hydrogens (tertiary/aromatic N) is 4. The van der Waals surface area contributed by atoms with Gasteiger partial charge in [0.2, 0.25) is 5.89 Å². The molecule has 0 aliphatic carbocycles. The largest absolute Gasteiger partial charge is 0.419 e. The normalized spacial score (nSPS) is 18.1. The molecule has 4 rings (SSSR count). The molecule has 0 bridgehead atoms. The zero-order chi connectivity index (χ0) is 23.4. The van der Waals surface area contributed by atoms with Crippen molar-refractivity contribution in [2.24, 2.45) is 0 Å². The third-order valence-electron chi connectivity index (χ3n) is 5.24. The van der Waals surface area contributed by atoms with E-state index in [0.29, 0.717) is 23.9 Å². The van der Waals surface area contributed by atoms with Crippen LogP contribution in [0, 0.1) is 0 Å². The fraction of sp³-hybridized carbons (Fsp3) is 0.318. The summed E-state index contributed by atoms with van der Waals surface area (Å²) >= 11 is 1.50. The Balaban J connectivity index is 1.40. The van der Waals surface area contributed by atoms with E-state index in [1.165, 1.54) is 11.3 Å². The maximum absolute atomic E-state index is 13.0. The summed E-state index contributed by atoms with van der Waals surface area (Å²) in [7, 11) is 0. The van der Waals surface area contributed by atoms with Crippen molar-refractivity contribution in [1.29, 1.82) is 0 Å². The Morgan fingerprint density at radius 2 is 2.00 bits per heavy atom. The van der Waals surface area contributed by atoms with Crippen molar-refractivity contribution in [3.05, 3.63) is 59.3 Å². The lowest BCUT2D eigenvalue weighted by Gasteiger charge is -2.23. The van der Waals surface area contributed by atoms with Gasteiger partial charge in [0.05, 0.1) is 18.0 Å². The summed E-state index contributed by atoms with van der Waals surface area (Å²) in [5.41, 5.74) is 1.81. The minimum absolute atomic E-state index is 0.0519. The number of urea groups is 1. The van der Waals surface area contributed by atoms with Gasteiger partial charge < -0.3 is 9.73 Å². The van der Waals surface area contributed by atoms with E-state index in [-0.39, 0.29) is 13.1 Å². The van der Waals surface area contributed by atoms with Crippen molar-refractivity contribution >= 4 is 29.2 Å². The Morgan fingerprint density at radius 3 is 2.70 bits per heavy atom. The van der Waals surface area contributed by atoms with Crippen molar-refractivity contribution in [3.63, 3.8) is 0 Å². The number of thiophene rings is 1. The molecule has 2 aromatic heterocycles. The molecule has 0 radical (unpaired) electrons. The number of hydrogen-bond acceptors (Lipinski definition) is 8. The molecular formula is C22H24N6O4S. The molecule has 3 heterocycles. The number of imide groups is 1. The van der Waals surface area contributed by atoms with Crippen LogP contribution in [0.4, 0.5) is 4.79 Å². The molecule has 2 N–H and O–H groups in total. The van der Waals surface area contributed by atoms with Crippen LogP contribution in [0.2, 0.25) is 0 Å². The molecule has 1 aliphatic rings. The van der Waals surface area contributed by atoms with E-state index < -0.39 is 23.4 Å². The zero-order valence-electron chi connectivity index (χ0n) is 18.3. The first-order valence-electron chi connectivity index (χ1n) is 10.5. The van der Waals surface area contributed by atoms with Crippen molar-refractivity contribution in [1.82, 2.24) is 30.8 Å². The van der Waals surface area contributed by atoms with Crippen LogP contribution in [0.15, 0.2) is 52.3 Å². The summed E-state index contributed by atoms with van der Waals surface area (Å²) in [5, 5.41) is 13.5. The lowest BCUT2D eigenvalue weighted by Crippen LogP contribution is -2.50. The average Bonchev–Trinajstić information content (AvgIpc) is 3.53. The first-order chi connectivity index (χ1) is 15.9. The van der Waals surface area contributed by atoms with Gasteiger partial charge in [-0.25, -0.2) is 4.79 Å². The van der Waals surface area contributed by atoms with E-state index in [1.807, 2.05) is 35.4 Å². The Morgan fingerprint density at radius 1 is 1.21 bits per heavy atom. The number of hydrogen-bond donors (Lipinski definition) is 2. The summed E-state index contributed by atoms with van der Waals surface area (Å²) in [6, 6.07) is 12.0. The Bertz CT molecular complexity index is 1130. The van der Waals surface area contributed by atoms with Gasteiger partial charge in [-0.1, -0.05) is 43.3 Å². The molecule has 0 saturated carbocycles. The molecule has 1 unspecified atom stereocenters. The summed E-state index contributed by atoms with van der Waals surface area (Å²) in [6.45, 7) is 4.40. The maximum atomic E-state index is 13.0. The van der Waals surface area contributed by atoms with E-state index in [9.17, 15) is 14.4 Å². The van der Waals surface area contributed by atoms with Crippen LogP contribution in [0.1, 0.15) is 31.7 Å². The quantitative estimate of drug-likeness (QED) is 0.463. The highest BCUT2D eigenvalue weighted by atomic mass is 32.1. The van der Waals surface area contributed by atoms with Crippen LogP contribution in [0.3, 0.4) is 0 Å². The molecule has 1 saturated heterocycles. The summed E-state index contributed by atoms with van der Waals surface area (Å²) < 4.78 is 5.72. The molecule has 1 aromatic carbocycles. The number of nitrogens with one attached hydrogen (secondary N) is 2. The van der Waals surface area contributed by atoms with E-state index in [1.54, 1.807) is 31.2 Å². The summed E-state index contributed by atoms with van der Waals surface area (Å²) in [4.78, 5) is 40.8. The van der Waals surface area contributed by atoms with Crippen LogP contribution in [-0.4, -0.2) is 51.0 Å². The third kappa shape index (κ3) is 4.78. The molecule has 0 spiro atoms. The van der Waals surface area contributed by atoms with Gasteiger partial charge in [0.15, 0.2) is 0 Å². The SMILES string of the molecule is CCCN(CC(=O)NN1C(=O)NC(C)(c2ccccc2)C1=O)Cc1nnc(-c2cccs2)o1. The number of rotatable bonds is 9. The van der Waals surface area contributed by atoms with Gasteiger partial charge in [0, 0.05) is 0 Å². The maximum Gasteiger partial charge on any atom is 0.344 e. The lowest BCUT2D eigenvalue weighted by atomic mass is 9.92. The number of hydrazine groups is 1. The Kier molecular flexibility index (Phi) is 6.52. The van der Waals surface area contributed by atoms with E-state index in [4.69, 9.17) is 4.42 Å². The minimum Gasteiger partial charge on any atom is -0.419 e. The fourth-order valence-electron chi connectivity index (χ4n) is 3.61. The lowest BCUT2D eigenvalue weighted by molar-refractivity contribution is -0.139. The van der Waals surface area contributed by atoms with Crippen molar-refractivity contribution in [2.75, 3.05) is 13.1 Å². The number of aromatic nitrogens is 2. The van der Waals surface area contributed by atoms with Gasteiger partial charge in [-0.3, -0.25) is 19.9 Å².